The first-order valence-corrected chi connectivity index (χ1v) is 3.32. The Morgan fingerprint density at radius 1 is 1.60 bits per heavy atom. The molecule has 0 saturated heterocycles. The van der Waals surface area contributed by atoms with E-state index in [0.29, 0.717) is 0 Å². The Balaban J connectivity index is 0.000000810. The molecule has 0 aliphatic heterocycles. The predicted octanol–water partition coefficient (Wildman–Crippen LogP) is 2.84. The van der Waals surface area contributed by atoms with Crippen LogP contribution in [-0.2, 0) is 18.6 Å². The van der Waals surface area contributed by atoms with Crippen molar-refractivity contribution >= 4 is 0 Å². The maximum absolute atomic E-state index is 3.88. The molecule has 0 bridgehead atoms. The molecule has 1 radical (unpaired) electrons. The van der Waals surface area contributed by atoms with Gasteiger partial charge in [0, 0.05) is 18.6 Å². The maximum Gasteiger partial charge on any atom is 0 e. The average molecular weight is 171 g/mol. The Bertz CT molecular complexity index is 175. The summed E-state index contributed by atoms with van der Waals surface area (Å²) in [6, 6.07) is 0. The minimum Gasteiger partial charge on any atom is -0.0958 e. The fraction of sp³-hybridized carbons (Fsp3) is 0.333. The van der Waals surface area contributed by atoms with Crippen LogP contribution in [0, 0.1) is 0 Å². The van der Waals surface area contributed by atoms with Crippen molar-refractivity contribution in [2.24, 2.45) is 0 Å². The normalized spacial score (nSPS) is 15.5. The first kappa shape index (κ1) is 9.80. The standard InChI is InChI=1S/C9H12.V/c1-8(2)9-6-4-3-5-7-9;/h3-4,6H,1,5,7H2,2H3;. The molecule has 0 saturated carbocycles. The van der Waals surface area contributed by atoms with Gasteiger partial charge in [0.1, 0.15) is 0 Å². The Morgan fingerprint density at radius 2 is 2.30 bits per heavy atom. The molecule has 0 fully saturated rings. The van der Waals surface area contributed by atoms with E-state index >= 15 is 0 Å². The largest absolute Gasteiger partial charge is 0.0958 e. The van der Waals surface area contributed by atoms with Crippen molar-refractivity contribution in [2.75, 3.05) is 0 Å². The second-order valence-corrected chi connectivity index (χ2v) is 2.44. The van der Waals surface area contributed by atoms with Crippen molar-refractivity contribution in [3.05, 3.63) is 36.0 Å². The third-order valence-corrected chi connectivity index (χ3v) is 1.56. The van der Waals surface area contributed by atoms with Crippen LogP contribution in [0.25, 0.3) is 0 Å². The number of hydrogen-bond donors (Lipinski definition) is 0. The van der Waals surface area contributed by atoms with Gasteiger partial charge in [-0.2, -0.15) is 0 Å². The second-order valence-electron chi connectivity index (χ2n) is 2.44. The van der Waals surface area contributed by atoms with Gasteiger partial charge in [0.15, 0.2) is 0 Å². The van der Waals surface area contributed by atoms with Gasteiger partial charge in [-0.05, 0) is 25.3 Å². The molecular formula is C9H12V. The zero-order valence-electron chi connectivity index (χ0n) is 6.30. The van der Waals surface area contributed by atoms with Crippen LogP contribution in [0.15, 0.2) is 36.0 Å². The summed E-state index contributed by atoms with van der Waals surface area (Å²) in [5, 5.41) is 0. The summed E-state index contributed by atoms with van der Waals surface area (Å²) in [6.45, 7) is 5.94. The second kappa shape index (κ2) is 4.59. The maximum atomic E-state index is 3.88. The molecule has 53 valence electrons. The average Bonchev–Trinajstić information content (AvgIpc) is 1.90. The summed E-state index contributed by atoms with van der Waals surface area (Å²) in [5.41, 5.74) is 2.61. The summed E-state index contributed by atoms with van der Waals surface area (Å²) >= 11 is 0. The summed E-state index contributed by atoms with van der Waals surface area (Å²) in [7, 11) is 0. The fourth-order valence-corrected chi connectivity index (χ4v) is 0.958. The van der Waals surface area contributed by atoms with Crippen LogP contribution in [-0.4, -0.2) is 0 Å². The van der Waals surface area contributed by atoms with Crippen LogP contribution >= 0.6 is 0 Å². The molecule has 0 nitrogen and oxygen atoms in total. The predicted molar refractivity (Wildman–Crippen MR) is 41.3 cm³/mol. The van der Waals surface area contributed by atoms with Crippen molar-refractivity contribution in [1.82, 2.24) is 0 Å². The smallest absolute Gasteiger partial charge is 0 e. The van der Waals surface area contributed by atoms with E-state index in [-0.39, 0.29) is 18.6 Å². The van der Waals surface area contributed by atoms with Gasteiger partial charge < -0.3 is 0 Å². The third-order valence-electron chi connectivity index (χ3n) is 1.56. The van der Waals surface area contributed by atoms with Crippen LogP contribution in [0.5, 0.6) is 0 Å². The molecule has 0 aromatic carbocycles. The van der Waals surface area contributed by atoms with Crippen LogP contribution in [0.3, 0.4) is 0 Å². The van der Waals surface area contributed by atoms with E-state index < -0.39 is 0 Å². The molecule has 0 aromatic rings. The summed E-state index contributed by atoms with van der Waals surface area (Å²) in [4.78, 5) is 0. The fourth-order valence-electron chi connectivity index (χ4n) is 0.958. The molecule has 0 aromatic heterocycles. The van der Waals surface area contributed by atoms with Crippen molar-refractivity contribution in [3.8, 4) is 0 Å². The van der Waals surface area contributed by atoms with Gasteiger partial charge in [-0.15, -0.1) is 0 Å². The molecule has 1 rings (SSSR count). The summed E-state index contributed by atoms with van der Waals surface area (Å²) in [6.07, 6.45) is 8.79. The van der Waals surface area contributed by atoms with Gasteiger partial charge in [0.05, 0.1) is 0 Å². The molecule has 1 aliphatic rings. The van der Waals surface area contributed by atoms with Crippen LogP contribution in [0.2, 0.25) is 0 Å². The number of allylic oxidation sites excluding steroid dienone is 5. The van der Waals surface area contributed by atoms with E-state index in [1.165, 1.54) is 24.0 Å². The van der Waals surface area contributed by atoms with E-state index in [4.69, 9.17) is 0 Å². The van der Waals surface area contributed by atoms with Gasteiger partial charge in [0.25, 0.3) is 0 Å². The van der Waals surface area contributed by atoms with Gasteiger partial charge >= 0.3 is 0 Å². The van der Waals surface area contributed by atoms with Crippen molar-refractivity contribution < 1.29 is 18.6 Å². The van der Waals surface area contributed by atoms with E-state index in [0.717, 1.165) is 0 Å². The van der Waals surface area contributed by atoms with E-state index in [1.807, 2.05) is 0 Å². The van der Waals surface area contributed by atoms with E-state index in [1.54, 1.807) is 0 Å². The Labute approximate surface area is 74.6 Å². The SMILES string of the molecule is C=C(C)C1=CC=CCC1.[V]. The molecular weight excluding hydrogens is 159 g/mol. The molecule has 0 heterocycles. The molecule has 0 unspecified atom stereocenters. The van der Waals surface area contributed by atoms with Gasteiger partial charge in [-0.1, -0.05) is 30.4 Å². The van der Waals surface area contributed by atoms with E-state index in [2.05, 4.69) is 31.7 Å². The Hall–Kier alpha value is -0.196. The Kier molecular flexibility index (Phi) is 4.50. The number of rotatable bonds is 1. The van der Waals surface area contributed by atoms with Crippen molar-refractivity contribution in [2.45, 2.75) is 19.8 Å². The molecule has 10 heavy (non-hydrogen) atoms. The van der Waals surface area contributed by atoms with Crippen LogP contribution in [0.1, 0.15) is 19.8 Å². The first-order chi connectivity index (χ1) is 4.30. The molecule has 0 amide bonds. The first-order valence-electron chi connectivity index (χ1n) is 3.32. The van der Waals surface area contributed by atoms with Crippen molar-refractivity contribution in [3.63, 3.8) is 0 Å². The topological polar surface area (TPSA) is 0 Å². The van der Waals surface area contributed by atoms with Gasteiger partial charge in [-0.3, -0.25) is 0 Å². The van der Waals surface area contributed by atoms with Gasteiger partial charge in [-0.25, -0.2) is 0 Å². The number of hydrogen-bond acceptors (Lipinski definition) is 0. The third kappa shape index (κ3) is 2.59. The van der Waals surface area contributed by atoms with Gasteiger partial charge in [0.2, 0.25) is 0 Å². The molecule has 0 spiro atoms. The monoisotopic (exact) mass is 171 g/mol. The molecule has 1 heteroatoms. The van der Waals surface area contributed by atoms with E-state index in [9.17, 15) is 0 Å². The summed E-state index contributed by atoms with van der Waals surface area (Å²) in [5.74, 6) is 0. The zero-order chi connectivity index (χ0) is 6.69. The van der Waals surface area contributed by atoms with Crippen molar-refractivity contribution in [1.29, 1.82) is 0 Å². The zero-order valence-corrected chi connectivity index (χ0v) is 7.70. The molecule has 1 aliphatic carbocycles. The molecule has 0 atom stereocenters. The minimum atomic E-state index is 0. The van der Waals surface area contributed by atoms with Crippen LogP contribution in [0.4, 0.5) is 0 Å². The molecule has 0 N–H and O–H groups in total. The summed E-state index contributed by atoms with van der Waals surface area (Å²) < 4.78 is 0. The van der Waals surface area contributed by atoms with Crippen LogP contribution < -0.4 is 0 Å². The minimum absolute atomic E-state index is 0. The Morgan fingerprint density at radius 3 is 2.60 bits per heavy atom. The quantitative estimate of drug-likeness (QED) is 0.569.